The van der Waals surface area contributed by atoms with Crippen molar-refractivity contribution in [3.63, 3.8) is 0 Å². The Bertz CT molecular complexity index is 379. The molecule has 1 aliphatic heterocycles. The minimum Gasteiger partial charge on any atom is -0.318 e. The van der Waals surface area contributed by atoms with Gasteiger partial charge >= 0.3 is 0 Å². The maximum atomic E-state index is 6.09. The lowest BCUT2D eigenvalue weighted by Gasteiger charge is -2.40. The Morgan fingerprint density at radius 3 is 3.00 bits per heavy atom. The summed E-state index contributed by atoms with van der Waals surface area (Å²) >= 11 is 6.09. The first kappa shape index (κ1) is 13.9. The summed E-state index contributed by atoms with van der Waals surface area (Å²) in [6, 6.07) is 9.36. The van der Waals surface area contributed by atoms with Crippen LogP contribution >= 0.6 is 11.6 Å². The van der Waals surface area contributed by atoms with Crippen LogP contribution in [0.1, 0.15) is 37.8 Å². The van der Waals surface area contributed by atoms with Crippen molar-refractivity contribution in [2.75, 3.05) is 20.1 Å². The third-order valence-electron chi connectivity index (χ3n) is 3.94. The first-order valence-corrected chi connectivity index (χ1v) is 7.26. The Kier molecular flexibility index (Phi) is 5.04. The smallest absolute Gasteiger partial charge is 0.0409 e. The predicted molar refractivity (Wildman–Crippen MR) is 78.1 cm³/mol. The lowest BCUT2D eigenvalue weighted by molar-refractivity contribution is 0.103. The molecule has 2 nitrogen and oxygen atoms in total. The Balaban J connectivity index is 2.12. The molecule has 18 heavy (non-hydrogen) atoms. The lowest BCUT2D eigenvalue weighted by atomic mass is 9.97. The highest BCUT2D eigenvalue weighted by molar-refractivity contribution is 6.30. The van der Waals surface area contributed by atoms with Crippen LogP contribution in [0.15, 0.2) is 24.3 Å². The molecule has 1 heterocycles. The van der Waals surface area contributed by atoms with Crippen LogP contribution in [0, 0.1) is 0 Å². The van der Waals surface area contributed by atoms with E-state index < -0.39 is 0 Å². The van der Waals surface area contributed by atoms with Crippen LogP contribution in [-0.4, -0.2) is 31.1 Å². The molecule has 1 aromatic rings. The molecule has 0 spiro atoms. The second kappa shape index (κ2) is 6.55. The third-order valence-corrected chi connectivity index (χ3v) is 4.18. The van der Waals surface area contributed by atoms with E-state index in [-0.39, 0.29) is 0 Å². The average Bonchev–Trinajstić information content (AvgIpc) is 2.39. The summed E-state index contributed by atoms with van der Waals surface area (Å²) in [6.45, 7) is 4.56. The first-order valence-electron chi connectivity index (χ1n) is 6.88. The first-order chi connectivity index (χ1) is 8.72. The quantitative estimate of drug-likeness (QED) is 0.898. The van der Waals surface area contributed by atoms with Gasteiger partial charge in [0.2, 0.25) is 0 Å². The fourth-order valence-electron chi connectivity index (χ4n) is 2.95. The van der Waals surface area contributed by atoms with Crippen molar-refractivity contribution >= 4 is 11.6 Å². The van der Waals surface area contributed by atoms with E-state index in [0.717, 1.165) is 11.6 Å². The number of benzene rings is 1. The van der Waals surface area contributed by atoms with Gasteiger partial charge in [-0.05, 0) is 51.1 Å². The van der Waals surface area contributed by atoms with Crippen molar-refractivity contribution in [3.8, 4) is 0 Å². The Morgan fingerprint density at radius 1 is 1.44 bits per heavy atom. The topological polar surface area (TPSA) is 15.3 Å². The van der Waals surface area contributed by atoms with Crippen LogP contribution < -0.4 is 5.32 Å². The van der Waals surface area contributed by atoms with Crippen molar-refractivity contribution in [1.82, 2.24) is 10.2 Å². The maximum absolute atomic E-state index is 6.09. The van der Waals surface area contributed by atoms with E-state index in [1.165, 1.54) is 31.4 Å². The average molecular weight is 267 g/mol. The zero-order valence-electron chi connectivity index (χ0n) is 11.3. The molecule has 1 aliphatic rings. The Labute approximate surface area is 115 Å². The highest BCUT2D eigenvalue weighted by atomic mass is 35.5. The largest absolute Gasteiger partial charge is 0.318 e. The maximum Gasteiger partial charge on any atom is 0.0409 e. The molecular weight excluding hydrogens is 244 g/mol. The molecule has 1 aromatic carbocycles. The van der Waals surface area contributed by atoms with Gasteiger partial charge in [0.05, 0.1) is 0 Å². The summed E-state index contributed by atoms with van der Waals surface area (Å²) in [5.41, 5.74) is 1.32. The summed E-state index contributed by atoms with van der Waals surface area (Å²) in [4.78, 5) is 2.62. The van der Waals surface area contributed by atoms with Crippen molar-refractivity contribution in [3.05, 3.63) is 34.9 Å². The standard InChI is InChI=1S/C15H23ClN2/c1-12(13-6-5-7-14(16)10-13)18-9-4-3-8-15(18)11-17-2/h5-7,10,12,15,17H,3-4,8-9,11H2,1-2H3. The molecule has 0 amide bonds. The molecule has 0 aromatic heterocycles. The normalized spacial score (nSPS) is 22.9. The van der Waals surface area contributed by atoms with Gasteiger partial charge in [0.15, 0.2) is 0 Å². The van der Waals surface area contributed by atoms with E-state index in [1.54, 1.807) is 0 Å². The SMILES string of the molecule is CNCC1CCCCN1C(C)c1cccc(Cl)c1. The van der Waals surface area contributed by atoms with Crippen LogP contribution in [0.2, 0.25) is 5.02 Å². The van der Waals surface area contributed by atoms with E-state index >= 15 is 0 Å². The molecule has 3 heteroatoms. The Hall–Kier alpha value is -0.570. The van der Waals surface area contributed by atoms with E-state index in [2.05, 4.69) is 29.3 Å². The van der Waals surface area contributed by atoms with Crippen molar-refractivity contribution < 1.29 is 0 Å². The van der Waals surface area contributed by atoms with Crippen LogP contribution in [-0.2, 0) is 0 Å². The summed E-state index contributed by atoms with van der Waals surface area (Å²) in [5.74, 6) is 0. The van der Waals surface area contributed by atoms with Crippen LogP contribution in [0.3, 0.4) is 0 Å². The highest BCUT2D eigenvalue weighted by Crippen LogP contribution is 2.29. The van der Waals surface area contributed by atoms with Crippen LogP contribution in [0.25, 0.3) is 0 Å². The molecule has 100 valence electrons. The highest BCUT2D eigenvalue weighted by Gasteiger charge is 2.26. The van der Waals surface area contributed by atoms with Gasteiger partial charge in [-0.3, -0.25) is 4.90 Å². The molecule has 0 radical (unpaired) electrons. The minimum atomic E-state index is 0.447. The third kappa shape index (κ3) is 3.25. The number of halogens is 1. The van der Waals surface area contributed by atoms with E-state index in [4.69, 9.17) is 11.6 Å². The van der Waals surface area contributed by atoms with Gasteiger partial charge in [-0.15, -0.1) is 0 Å². The molecule has 2 rings (SSSR count). The molecule has 0 saturated carbocycles. The molecule has 0 bridgehead atoms. The summed E-state index contributed by atoms with van der Waals surface area (Å²) < 4.78 is 0. The zero-order valence-corrected chi connectivity index (χ0v) is 12.1. The van der Waals surface area contributed by atoms with Gasteiger partial charge < -0.3 is 5.32 Å². The van der Waals surface area contributed by atoms with Crippen molar-refractivity contribution in [1.29, 1.82) is 0 Å². The van der Waals surface area contributed by atoms with Crippen molar-refractivity contribution in [2.24, 2.45) is 0 Å². The number of likely N-dealkylation sites (N-methyl/N-ethyl adjacent to an activating group) is 1. The minimum absolute atomic E-state index is 0.447. The van der Waals surface area contributed by atoms with E-state index in [1.807, 2.05) is 19.2 Å². The second-order valence-electron chi connectivity index (χ2n) is 5.18. The molecule has 1 saturated heterocycles. The van der Waals surface area contributed by atoms with E-state index in [0.29, 0.717) is 12.1 Å². The van der Waals surface area contributed by atoms with Crippen LogP contribution in [0.4, 0.5) is 0 Å². The van der Waals surface area contributed by atoms with E-state index in [9.17, 15) is 0 Å². The number of rotatable bonds is 4. The van der Waals surface area contributed by atoms with Gasteiger partial charge in [0.1, 0.15) is 0 Å². The van der Waals surface area contributed by atoms with Gasteiger partial charge in [0.25, 0.3) is 0 Å². The molecular formula is C15H23ClN2. The molecule has 0 aliphatic carbocycles. The number of nitrogens with zero attached hydrogens (tertiary/aromatic N) is 1. The molecule has 1 fully saturated rings. The molecule has 2 atom stereocenters. The molecule has 1 N–H and O–H groups in total. The fourth-order valence-corrected chi connectivity index (χ4v) is 3.14. The predicted octanol–water partition coefficient (Wildman–Crippen LogP) is 3.47. The number of hydrogen-bond donors (Lipinski definition) is 1. The fraction of sp³-hybridized carbons (Fsp3) is 0.600. The number of hydrogen-bond acceptors (Lipinski definition) is 2. The zero-order chi connectivity index (χ0) is 13.0. The van der Waals surface area contributed by atoms with Gasteiger partial charge in [-0.1, -0.05) is 30.2 Å². The lowest BCUT2D eigenvalue weighted by Crippen LogP contribution is -2.45. The number of likely N-dealkylation sites (tertiary alicyclic amines) is 1. The Morgan fingerprint density at radius 2 is 2.28 bits per heavy atom. The number of nitrogens with one attached hydrogen (secondary N) is 1. The second-order valence-corrected chi connectivity index (χ2v) is 5.61. The monoisotopic (exact) mass is 266 g/mol. The molecule has 2 unspecified atom stereocenters. The van der Waals surface area contributed by atoms with Crippen molar-refractivity contribution in [2.45, 2.75) is 38.3 Å². The summed E-state index contributed by atoms with van der Waals surface area (Å²) in [6.07, 6.45) is 3.96. The summed E-state index contributed by atoms with van der Waals surface area (Å²) in [5, 5.41) is 4.15. The van der Waals surface area contributed by atoms with Gasteiger partial charge in [0, 0.05) is 23.7 Å². The number of piperidine rings is 1. The van der Waals surface area contributed by atoms with Gasteiger partial charge in [-0.2, -0.15) is 0 Å². The van der Waals surface area contributed by atoms with Crippen LogP contribution in [0.5, 0.6) is 0 Å². The summed E-state index contributed by atoms with van der Waals surface area (Å²) in [7, 11) is 2.04. The van der Waals surface area contributed by atoms with Gasteiger partial charge in [-0.25, -0.2) is 0 Å².